The number of nitrogens with zero attached hydrogens (tertiary/aromatic N) is 3. The van der Waals surface area contributed by atoms with Crippen LogP contribution in [0.3, 0.4) is 0 Å². The minimum Gasteiger partial charge on any atom is -0.300 e. The molecule has 3 nitrogen and oxygen atoms in total. The molecule has 3 rings (SSSR count). The molecule has 2 fully saturated rings. The number of rotatable bonds is 1. The van der Waals surface area contributed by atoms with Gasteiger partial charge in [0, 0.05) is 24.2 Å². The van der Waals surface area contributed by atoms with Crippen LogP contribution in [0.4, 0.5) is 0 Å². The number of fused-ring (bicyclic) bond motifs is 2. The fraction of sp³-hybridized carbons (Fsp3) is 0.667. The molecule has 0 saturated carbocycles. The molecule has 2 aliphatic heterocycles. The first-order valence-corrected chi connectivity index (χ1v) is 7.22. The van der Waals surface area contributed by atoms with Crippen LogP contribution in [0.15, 0.2) is 10.7 Å². The first kappa shape index (κ1) is 11.9. The third-order valence-corrected chi connectivity index (χ3v) is 5.28. The van der Waals surface area contributed by atoms with Crippen molar-refractivity contribution in [3.05, 3.63) is 21.6 Å². The molecule has 2 unspecified atom stereocenters. The molecule has 0 radical (unpaired) electrons. The maximum atomic E-state index is 6.04. The fourth-order valence-electron chi connectivity index (χ4n) is 3.18. The van der Waals surface area contributed by atoms with Crippen molar-refractivity contribution in [3.8, 4) is 0 Å². The lowest BCUT2D eigenvalue weighted by molar-refractivity contribution is 0.159. The smallest absolute Gasteiger partial charge is 0.146 e. The van der Waals surface area contributed by atoms with Crippen LogP contribution in [0.5, 0.6) is 0 Å². The van der Waals surface area contributed by atoms with Crippen molar-refractivity contribution in [1.82, 2.24) is 14.9 Å². The first-order valence-electron chi connectivity index (χ1n) is 6.05. The summed E-state index contributed by atoms with van der Waals surface area (Å²) in [5.41, 5.74) is 0. The predicted molar refractivity (Wildman–Crippen MR) is 71.3 cm³/mol. The molecular formula is C12H15BrClN3. The van der Waals surface area contributed by atoms with Gasteiger partial charge in [-0.05, 0) is 48.7 Å². The summed E-state index contributed by atoms with van der Waals surface area (Å²) < 4.78 is 0.777. The molecular weight excluding hydrogens is 302 g/mol. The highest BCUT2D eigenvalue weighted by Crippen LogP contribution is 2.41. The summed E-state index contributed by atoms with van der Waals surface area (Å²) in [5, 5.41) is 0.529. The molecule has 92 valence electrons. The van der Waals surface area contributed by atoms with E-state index in [4.69, 9.17) is 11.6 Å². The van der Waals surface area contributed by atoms with E-state index >= 15 is 0 Å². The second-order valence-electron chi connectivity index (χ2n) is 5.09. The second-order valence-corrected chi connectivity index (χ2v) is 6.30. The largest absolute Gasteiger partial charge is 0.300 e. The Bertz CT molecular complexity index is 426. The maximum Gasteiger partial charge on any atom is 0.146 e. The minimum absolute atomic E-state index is 0.481. The Morgan fingerprint density at radius 3 is 2.59 bits per heavy atom. The average molecular weight is 317 g/mol. The lowest BCUT2D eigenvalue weighted by Gasteiger charge is -2.35. The van der Waals surface area contributed by atoms with Crippen LogP contribution < -0.4 is 0 Å². The van der Waals surface area contributed by atoms with E-state index in [1.807, 2.05) is 0 Å². The molecule has 2 aliphatic rings. The van der Waals surface area contributed by atoms with Crippen LogP contribution in [0, 0.1) is 0 Å². The molecule has 0 aromatic carbocycles. The van der Waals surface area contributed by atoms with Gasteiger partial charge in [0.05, 0.1) is 4.47 Å². The molecule has 1 aromatic heterocycles. The van der Waals surface area contributed by atoms with Gasteiger partial charge in [-0.15, -0.1) is 0 Å². The van der Waals surface area contributed by atoms with Crippen molar-refractivity contribution in [2.45, 2.75) is 43.7 Å². The zero-order valence-electron chi connectivity index (χ0n) is 9.74. The molecule has 1 aromatic rings. The molecule has 2 bridgehead atoms. The Kier molecular flexibility index (Phi) is 3.13. The summed E-state index contributed by atoms with van der Waals surface area (Å²) >= 11 is 9.38. The van der Waals surface area contributed by atoms with E-state index in [2.05, 4.69) is 37.8 Å². The first-order chi connectivity index (χ1) is 8.15. The number of piperidine rings is 1. The van der Waals surface area contributed by atoms with Crippen LogP contribution in [0.1, 0.15) is 37.4 Å². The number of halogens is 2. The van der Waals surface area contributed by atoms with Crippen LogP contribution in [-0.4, -0.2) is 34.0 Å². The molecule has 0 aliphatic carbocycles. The van der Waals surface area contributed by atoms with Gasteiger partial charge in [-0.2, -0.15) is 0 Å². The average Bonchev–Trinajstić information content (AvgIpc) is 2.55. The number of hydrogen-bond acceptors (Lipinski definition) is 3. The van der Waals surface area contributed by atoms with Gasteiger partial charge in [-0.25, -0.2) is 9.97 Å². The Morgan fingerprint density at radius 1 is 1.35 bits per heavy atom. The number of aromatic nitrogens is 2. The fourth-order valence-corrected chi connectivity index (χ4v) is 3.50. The Labute approximate surface area is 115 Å². The van der Waals surface area contributed by atoms with Crippen LogP contribution >= 0.6 is 27.5 Å². The summed E-state index contributed by atoms with van der Waals surface area (Å²) in [7, 11) is 2.24. The molecule has 5 heteroatoms. The third kappa shape index (κ3) is 2.11. The molecule has 2 saturated heterocycles. The van der Waals surface area contributed by atoms with Crippen molar-refractivity contribution in [3.63, 3.8) is 0 Å². The van der Waals surface area contributed by atoms with Crippen molar-refractivity contribution >= 4 is 27.5 Å². The normalized spacial score (nSPS) is 33.0. The third-order valence-electron chi connectivity index (χ3n) is 4.18. The van der Waals surface area contributed by atoms with Crippen molar-refractivity contribution in [1.29, 1.82) is 0 Å². The van der Waals surface area contributed by atoms with E-state index in [0.29, 0.717) is 23.2 Å². The summed E-state index contributed by atoms with van der Waals surface area (Å²) in [4.78, 5) is 11.4. The number of hydrogen-bond donors (Lipinski definition) is 0. The highest BCUT2D eigenvalue weighted by Gasteiger charge is 2.39. The van der Waals surface area contributed by atoms with Crippen molar-refractivity contribution in [2.24, 2.45) is 0 Å². The van der Waals surface area contributed by atoms with Gasteiger partial charge < -0.3 is 4.90 Å². The van der Waals surface area contributed by atoms with Crippen LogP contribution in [0.25, 0.3) is 0 Å². The summed E-state index contributed by atoms with van der Waals surface area (Å²) in [5.74, 6) is 1.40. The van der Waals surface area contributed by atoms with Gasteiger partial charge in [-0.1, -0.05) is 11.6 Å². The highest BCUT2D eigenvalue weighted by molar-refractivity contribution is 9.10. The molecule has 0 spiro atoms. The molecule has 0 N–H and O–H groups in total. The Morgan fingerprint density at radius 2 is 2.00 bits per heavy atom. The lowest BCUT2D eigenvalue weighted by Crippen LogP contribution is -2.39. The van der Waals surface area contributed by atoms with E-state index in [1.165, 1.54) is 25.7 Å². The van der Waals surface area contributed by atoms with Crippen molar-refractivity contribution < 1.29 is 0 Å². The van der Waals surface area contributed by atoms with E-state index in [-0.39, 0.29) is 0 Å². The summed E-state index contributed by atoms with van der Waals surface area (Å²) in [6.45, 7) is 0. The minimum atomic E-state index is 0.481. The summed E-state index contributed by atoms with van der Waals surface area (Å²) in [6, 6.07) is 1.43. The lowest BCUT2D eigenvalue weighted by atomic mass is 9.90. The van der Waals surface area contributed by atoms with Crippen molar-refractivity contribution in [2.75, 3.05) is 7.05 Å². The monoisotopic (exact) mass is 315 g/mol. The van der Waals surface area contributed by atoms with E-state index < -0.39 is 0 Å². The van der Waals surface area contributed by atoms with Gasteiger partial charge in [0.1, 0.15) is 11.0 Å². The molecule has 17 heavy (non-hydrogen) atoms. The Balaban J connectivity index is 1.84. The summed E-state index contributed by atoms with van der Waals surface area (Å²) in [6.07, 6.45) is 6.75. The SMILES string of the molecule is CN1C2CCC1CC(c1ncc(Br)c(Cl)n1)C2. The quantitative estimate of drug-likeness (QED) is 0.745. The standard InChI is InChI=1S/C12H15BrClN3/c1-17-8-2-3-9(17)5-7(4-8)12-15-6-10(13)11(14)16-12/h6-9H,2-5H2,1H3. The van der Waals surface area contributed by atoms with E-state index in [9.17, 15) is 0 Å². The van der Waals surface area contributed by atoms with Gasteiger partial charge in [-0.3, -0.25) is 0 Å². The predicted octanol–water partition coefficient (Wildman–Crippen LogP) is 3.23. The zero-order chi connectivity index (χ0) is 12.0. The van der Waals surface area contributed by atoms with E-state index in [1.54, 1.807) is 6.20 Å². The maximum absolute atomic E-state index is 6.04. The van der Waals surface area contributed by atoms with E-state index in [0.717, 1.165) is 10.3 Å². The van der Waals surface area contributed by atoms with Gasteiger partial charge in [0.2, 0.25) is 0 Å². The molecule has 3 heterocycles. The second kappa shape index (κ2) is 4.48. The zero-order valence-corrected chi connectivity index (χ0v) is 12.1. The Hall–Kier alpha value is -0.190. The highest BCUT2D eigenvalue weighted by atomic mass is 79.9. The molecule has 0 amide bonds. The van der Waals surface area contributed by atoms with Gasteiger partial charge in [0.15, 0.2) is 0 Å². The van der Waals surface area contributed by atoms with Gasteiger partial charge >= 0.3 is 0 Å². The van der Waals surface area contributed by atoms with Crippen LogP contribution in [-0.2, 0) is 0 Å². The topological polar surface area (TPSA) is 29.0 Å². The molecule has 2 atom stereocenters. The van der Waals surface area contributed by atoms with Crippen LogP contribution in [0.2, 0.25) is 5.15 Å². The van der Waals surface area contributed by atoms with Gasteiger partial charge in [0.25, 0.3) is 0 Å².